The van der Waals surface area contributed by atoms with Gasteiger partial charge in [-0.05, 0) is 10.6 Å². The molecule has 0 bridgehead atoms. The molecule has 2 unspecified atom stereocenters. The molecule has 0 aromatic rings. The smallest absolute Gasteiger partial charge is 0.216 e. The number of aliphatic hydroxyl groups is 3. The van der Waals surface area contributed by atoms with Crippen LogP contribution in [-0.4, -0.2) is 81.7 Å². The number of aliphatic imine (C=N–C) groups is 2. The van der Waals surface area contributed by atoms with Crippen LogP contribution in [0.3, 0.4) is 0 Å². The van der Waals surface area contributed by atoms with Gasteiger partial charge in [-0.25, -0.2) is 4.99 Å². The van der Waals surface area contributed by atoms with Crippen molar-refractivity contribution in [2.45, 2.75) is 36.7 Å². The Morgan fingerprint density at radius 1 is 1.50 bits per heavy atom. The zero-order chi connectivity index (χ0) is 15.9. The molecule has 5 N–H and O–H groups in total. The van der Waals surface area contributed by atoms with Crippen molar-refractivity contribution in [3.8, 4) is 0 Å². The van der Waals surface area contributed by atoms with Gasteiger partial charge in [-0.2, -0.15) is 0 Å². The van der Waals surface area contributed by atoms with E-state index in [2.05, 4.69) is 25.3 Å². The Balaban J connectivity index is 1.84. The van der Waals surface area contributed by atoms with E-state index in [4.69, 9.17) is 20.8 Å². The maximum absolute atomic E-state index is 10.1. The SMILES string of the molecule is [N-]=[N+]=NC1=NC(=N)NC2C1N=CN2[C@@H]1O[C@H](CO)[C@@H](O)[C@H]1O. The summed E-state index contributed by atoms with van der Waals surface area (Å²) in [5.41, 5.74) is 8.54. The van der Waals surface area contributed by atoms with E-state index in [-0.39, 0.29) is 11.8 Å². The first-order chi connectivity index (χ1) is 10.6. The fraction of sp³-hybridized carbons (Fsp3) is 0.700. The molecule has 0 aromatic heterocycles. The molecule has 3 rings (SSSR count). The third-order valence-corrected chi connectivity index (χ3v) is 3.71. The van der Waals surface area contributed by atoms with Crippen molar-refractivity contribution in [3.63, 3.8) is 0 Å². The van der Waals surface area contributed by atoms with Crippen LogP contribution in [0.2, 0.25) is 0 Å². The normalized spacial score (nSPS) is 40.0. The van der Waals surface area contributed by atoms with Gasteiger partial charge in [0.1, 0.15) is 36.4 Å². The Morgan fingerprint density at radius 3 is 2.91 bits per heavy atom. The van der Waals surface area contributed by atoms with Crippen molar-refractivity contribution in [1.29, 1.82) is 5.41 Å². The molecule has 12 heteroatoms. The predicted molar refractivity (Wildman–Crippen MR) is 73.1 cm³/mol. The maximum atomic E-state index is 10.1. The van der Waals surface area contributed by atoms with Gasteiger partial charge in [0.15, 0.2) is 6.23 Å². The lowest BCUT2D eigenvalue weighted by molar-refractivity contribution is -0.0803. The van der Waals surface area contributed by atoms with Crippen LogP contribution in [0.1, 0.15) is 0 Å². The van der Waals surface area contributed by atoms with Gasteiger partial charge < -0.3 is 30.3 Å². The van der Waals surface area contributed by atoms with Gasteiger partial charge >= 0.3 is 0 Å². The van der Waals surface area contributed by atoms with E-state index in [1.807, 2.05) is 0 Å². The van der Waals surface area contributed by atoms with Gasteiger partial charge in [0.25, 0.3) is 0 Å². The second-order valence-electron chi connectivity index (χ2n) is 4.98. The van der Waals surface area contributed by atoms with Gasteiger partial charge in [-0.3, -0.25) is 10.4 Å². The molecule has 118 valence electrons. The molecule has 0 amide bonds. The van der Waals surface area contributed by atoms with Gasteiger partial charge in [-0.1, -0.05) is 0 Å². The van der Waals surface area contributed by atoms with E-state index in [0.29, 0.717) is 0 Å². The van der Waals surface area contributed by atoms with Gasteiger partial charge in [0, 0.05) is 4.91 Å². The van der Waals surface area contributed by atoms with Crippen LogP contribution in [0.5, 0.6) is 0 Å². The highest BCUT2D eigenvalue weighted by molar-refractivity contribution is 6.02. The zero-order valence-electron chi connectivity index (χ0n) is 11.2. The third-order valence-electron chi connectivity index (χ3n) is 3.71. The number of hydrogen-bond donors (Lipinski definition) is 5. The number of aliphatic hydroxyl groups excluding tert-OH is 3. The molecular weight excluding hydrogens is 296 g/mol. The van der Waals surface area contributed by atoms with Gasteiger partial charge in [-0.15, -0.1) is 0 Å². The summed E-state index contributed by atoms with van der Waals surface area (Å²) in [5.74, 6) is -0.187. The van der Waals surface area contributed by atoms with Crippen molar-refractivity contribution in [1.82, 2.24) is 10.2 Å². The first-order valence-corrected chi connectivity index (χ1v) is 6.48. The Kier molecular flexibility index (Phi) is 3.68. The molecule has 12 nitrogen and oxygen atoms in total. The van der Waals surface area contributed by atoms with Crippen LogP contribution in [0.25, 0.3) is 10.4 Å². The van der Waals surface area contributed by atoms with Crippen molar-refractivity contribution in [3.05, 3.63) is 10.4 Å². The van der Waals surface area contributed by atoms with E-state index >= 15 is 0 Å². The number of fused-ring (bicyclic) bond motifs is 1. The van der Waals surface area contributed by atoms with Crippen molar-refractivity contribution in [2.24, 2.45) is 15.1 Å². The summed E-state index contributed by atoms with van der Waals surface area (Å²) < 4.78 is 5.43. The number of nitrogens with one attached hydrogen (secondary N) is 2. The van der Waals surface area contributed by atoms with Crippen molar-refractivity contribution >= 4 is 18.1 Å². The highest BCUT2D eigenvalue weighted by atomic mass is 16.6. The van der Waals surface area contributed by atoms with Crippen LogP contribution in [0.4, 0.5) is 0 Å². The fourth-order valence-corrected chi connectivity index (χ4v) is 2.66. The predicted octanol–water partition coefficient (Wildman–Crippen LogP) is -2.29. The summed E-state index contributed by atoms with van der Waals surface area (Å²) in [4.78, 5) is 12.0. The lowest BCUT2D eigenvalue weighted by Gasteiger charge is -2.35. The van der Waals surface area contributed by atoms with Crippen LogP contribution >= 0.6 is 0 Å². The number of azide groups is 1. The van der Waals surface area contributed by atoms with E-state index in [9.17, 15) is 10.2 Å². The monoisotopic (exact) mass is 310 g/mol. The molecule has 1 fully saturated rings. The summed E-state index contributed by atoms with van der Waals surface area (Å²) >= 11 is 0. The lowest BCUT2D eigenvalue weighted by Crippen LogP contribution is -2.59. The molecule has 1 saturated heterocycles. The third kappa shape index (κ3) is 2.19. The molecule has 0 aliphatic carbocycles. The standard InChI is InChI=1S/C10H14N8O4/c11-10-14-7(16-17-12)4-8(15-10)18(2-13-4)9-6(21)5(20)3(1-19)22-9/h2-6,8-9,19-21H,1H2,(H2,11,15)/t3-,4?,5-,6-,8?,9-/m1/s1. The number of hydrogen-bond acceptors (Lipinski definition) is 8. The molecule has 0 radical (unpaired) electrons. The number of ether oxygens (including phenoxy) is 1. The topological polar surface area (TPSA) is 183 Å². The first-order valence-electron chi connectivity index (χ1n) is 6.48. The van der Waals surface area contributed by atoms with Crippen molar-refractivity contribution in [2.75, 3.05) is 6.61 Å². The molecule has 0 spiro atoms. The maximum Gasteiger partial charge on any atom is 0.216 e. The second kappa shape index (κ2) is 5.51. The molecule has 3 heterocycles. The minimum absolute atomic E-state index is 0.0294. The average molecular weight is 310 g/mol. The number of amidine groups is 1. The molecule has 6 atom stereocenters. The summed E-state index contributed by atoms with van der Waals surface area (Å²) in [6.07, 6.45) is -3.66. The zero-order valence-corrected chi connectivity index (χ0v) is 11.2. The Morgan fingerprint density at radius 2 is 2.27 bits per heavy atom. The van der Waals surface area contributed by atoms with Gasteiger partial charge in [0.2, 0.25) is 5.96 Å². The van der Waals surface area contributed by atoms with Gasteiger partial charge in [0.05, 0.1) is 12.9 Å². The summed E-state index contributed by atoms with van der Waals surface area (Å²) in [5, 5.41) is 42.8. The lowest BCUT2D eigenvalue weighted by atomic mass is 10.1. The van der Waals surface area contributed by atoms with E-state index in [1.54, 1.807) is 0 Å². The fourth-order valence-electron chi connectivity index (χ4n) is 2.66. The quantitative estimate of drug-likeness (QED) is 0.217. The minimum atomic E-state index is -1.26. The van der Waals surface area contributed by atoms with Crippen molar-refractivity contribution < 1.29 is 20.1 Å². The van der Waals surface area contributed by atoms with E-state index in [1.165, 1.54) is 11.2 Å². The Bertz CT molecular complexity index is 587. The van der Waals surface area contributed by atoms with E-state index < -0.39 is 43.4 Å². The number of nitrogens with zero attached hydrogens (tertiary/aromatic N) is 6. The van der Waals surface area contributed by atoms with Crippen LogP contribution in [0.15, 0.2) is 15.1 Å². The van der Waals surface area contributed by atoms with E-state index in [0.717, 1.165) is 0 Å². The molecule has 22 heavy (non-hydrogen) atoms. The molecule has 3 aliphatic heterocycles. The van der Waals surface area contributed by atoms with Crippen LogP contribution in [-0.2, 0) is 4.74 Å². The second-order valence-corrected chi connectivity index (χ2v) is 4.98. The Hall–Kier alpha value is -2.24. The average Bonchev–Trinajstić information content (AvgIpc) is 3.02. The summed E-state index contributed by atoms with van der Waals surface area (Å²) in [7, 11) is 0. The number of guanidine groups is 1. The van der Waals surface area contributed by atoms with Crippen LogP contribution < -0.4 is 5.32 Å². The first kappa shape index (κ1) is 14.7. The largest absolute Gasteiger partial charge is 0.394 e. The highest BCUT2D eigenvalue weighted by Crippen LogP contribution is 2.28. The molecule has 3 aliphatic rings. The molecule has 0 saturated carbocycles. The minimum Gasteiger partial charge on any atom is -0.394 e. The Labute approximate surface area is 123 Å². The summed E-state index contributed by atoms with van der Waals surface area (Å²) in [6.45, 7) is -0.442. The molecular formula is C10H14N8O4. The molecule has 0 aromatic carbocycles. The van der Waals surface area contributed by atoms with Crippen LogP contribution in [0, 0.1) is 5.41 Å². The summed E-state index contributed by atoms with van der Waals surface area (Å²) in [6, 6.07) is -0.661. The number of rotatable bonds is 2. The highest BCUT2D eigenvalue weighted by Gasteiger charge is 2.50.